The Balaban J connectivity index is 1.83. The number of nitrogens with zero attached hydrogens (tertiary/aromatic N) is 3. The van der Waals surface area contributed by atoms with E-state index in [0.717, 1.165) is 11.4 Å². The van der Waals surface area contributed by atoms with Crippen molar-refractivity contribution in [3.63, 3.8) is 0 Å². The van der Waals surface area contributed by atoms with Crippen molar-refractivity contribution in [1.82, 2.24) is 15.0 Å². The van der Waals surface area contributed by atoms with Gasteiger partial charge in [0.1, 0.15) is 11.5 Å². The van der Waals surface area contributed by atoms with Crippen LogP contribution in [0.1, 0.15) is 16.2 Å². The molecule has 3 aromatic rings. The van der Waals surface area contributed by atoms with E-state index in [2.05, 4.69) is 15.6 Å². The monoisotopic (exact) mass is 338 g/mol. The van der Waals surface area contributed by atoms with Crippen LogP contribution in [0.4, 0.5) is 5.69 Å². The maximum Gasteiger partial charge on any atom is 0.278 e. The van der Waals surface area contributed by atoms with Gasteiger partial charge >= 0.3 is 0 Å². The van der Waals surface area contributed by atoms with Crippen molar-refractivity contribution in [2.75, 3.05) is 19.5 Å². The summed E-state index contributed by atoms with van der Waals surface area (Å²) in [7, 11) is 3.18. The number of benzene rings is 2. The zero-order valence-corrected chi connectivity index (χ0v) is 14.2. The van der Waals surface area contributed by atoms with Gasteiger partial charge in [-0.3, -0.25) is 4.79 Å². The molecular formula is C18H18N4O3. The number of carbonyl (C=O) groups excluding carboxylic acids is 1. The summed E-state index contributed by atoms with van der Waals surface area (Å²) in [5.41, 5.74) is 2.33. The van der Waals surface area contributed by atoms with Crippen molar-refractivity contribution < 1.29 is 14.3 Å². The highest BCUT2D eigenvalue weighted by atomic mass is 16.5. The first-order valence-corrected chi connectivity index (χ1v) is 7.64. The molecule has 0 atom stereocenters. The van der Waals surface area contributed by atoms with Crippen LogP contribution in [0.5, 0.6) is 11.5 Å². The molecule has 0 bridgehead atoms. The quantitative estimate of drug-likeness (QED) is 0.774. The fourth-order valence-corrected chi connectivity index (χ4v) is 2.40. The molecule has 1 N–H and O–H groups in total. The number of hydrogen-bond acceptors (Lipinski definition) is 5. The van der Waals surface area contributed by atoms with E-state index in [-0.39, 0.29) is 11.6 Å². The van der Waals surface area contributed by atoms with Gasteiger partial charge in [-0.2, -0.15) is 0 Å². The third kappa shape index (κ3) is 3.45. The second-order valence-corrected chi connectivity index (χ2v) is 5.32. The lowest BCUT2D eigenvalue weighted by Gasteiger charge is -2.07. The molecule has 128 valence electrons. The van der Waals surface area contributed by atoms with Crippen LogP contribution in [0, 0.1) is 6.92 Å². The standard InChI is InChI=1S/C18H18N4O3/c1-12-17(18(23)19-13-5-4-6-16(11-13)25-3)20-21-22(12)14-7-9-15(24-2)10-8-14/h4-11H,1-3H3,(H,19,23). The summed E-state index contributed by atoms with van der Waals surface area (Å²) in [6.07, 6.45) is 0. The van der Waals surface area contributed by atoms with Gasteiger partial charge in [-0.25, -0.2) is 4.68 Å². The lowest BCUT2D eigenvalue weighted by Crippen LogP contribution is -2.14. The fourth-order valence-electron chi connectivity index (χ4n) is 2.40. The van der Waals surface area contributed by atoms with Crippen molar-refractivity contribution in [1.29, 1.82) is 0 Å². The predicted molar refractivity (Wildman–Crippen MR) is 93.6 cm³/mol. The van der Waals surface area contributed by atoms with Crippen LogP contribution >= 0.6 is 0 Å². The lowest BCUT2D eigenvalue weighted by atomic mass is 10.2. The number of hydrogen-bond donors (Lipinski definition) is 1. The molecule has 0 radical (unpaired) electrons. The number of methoxy groups -OCH3 is 2. The van der Waals surface area contributed by atoms with Crippen LogP contribution in [0.25, 0.3) is 5.69 Å². The number of ether oxygens (including phenoxy) is 2. The Hall–Kier alpha value is -3.35. The first-order valence-electron chi connectivity index (χ1n) is 7.64. The summed E-state index contributed by atoms with van der Waals surface area (Å²) in [5.74, 6) is 1.08. The average Bonchev–Trinajstić information content (AvgIpc) is 3.03. The van der Waals surface area contributed by atoms with E-state index in [1.165, 1.54) is 0 Å². The number of anilines is 1. The summed E-state index contributed by atoms with van der Waals surface area (Å²) in [6, 6.07) is 14.5. The molecule has 1 aromatic heterocycles. The van der Waals surface area contributed by atoms with Crippen LogP contribution in [-0.4, -0.2) is 35.1 Å². The zero-order chi connectivity index (χ0) is 17.8. The van der Waals surface area contributed by atoms with Gasteiger partial charge in [-0.05, 0) is 43.3 Å². The molecule has 7 heteroatoms. The summed E-state index contributed by atoms with van der Waals surface area (Å²) in [6.45, 7) is 1.80. The van der Waals surface area contributed by atoms with Crippen molar-refractivity contribution in [2.45, 2.75) is 6.92 Å². The minimum absolute atomic E-state index is 0.263. The second-order valence-electron chi connectivity index (χ2n) is 5.32. The molecule has 0 aliphatic rings. The van der Waals surface area contributed by atoms with Gasteiger partial charge < -0.3 is 14.8 Å². The van der Waals surface area contributed by atoms with E-state index in [0.29, 0.717) is 17.1 Å². The Kier molecular flexibility index (Phi) is 4.65. The van der Waals surface area contributed by atoms with E-state index >= 15 is 0 Å². The molecule has 7 nitrogen and oxygen atoms in total. The summed E-state index contributed by atoms with van der Waals surface area (Å²) in [4.78, 5) is 12.5. The van der Waals surface area contributed by atoms with Gasteiger partial charge in [-0.15, -0.1) is 5.10 Å². The second kappa shape index (κ2) is 7.04. The van der Waals surface area contributed by atoms with E-state index in [9.17, 15) is 4.79 Å². The molecule has 0 fully saturated rings. The first kappa shape index (κ1) is 16.5. The van der Waals surface area contributed by atoms with Gasteiger partial charge in [0.15, 0.2) is 5.69 Å². The number of aromatic nitrogens is 3. The van der Waals surface area contributed by atoms with Gasteiger partial charge in [0.2, 0.25) is 0 Å². The third-order valence-electron chi connectivity index (χ3n) is 3.75. The van der Waals surface area contributed by atoms with Crippen molar-refractivity contribution >= 4 is 11.6 Å². The summed E-state index contributed by atoms with van der Waals surface area (Å²) < 4.78 is 11.9. The van der Waals surface area contributed by atoms with Gasteiger partial charge in [0.25, 0.3) is 5.91 Å². The predicted octanol–water partition coefficient (Wildman–Crippen LogP) is 2.85. The van der Waals surface area contributed by atoms with Gasteiger partial charge in [-0.1, -0.05) is 11.3 Å². The topological polar surface area (TPSA) is 78.3 Å². The van der Waals surface area contributed by atoms with Crippen molar-refractivity contribution in [2.24, 2.45) is 0 Å². The molecule has 1 amide bonds. The molecule has 0 saturated heterocycles. The molecule has 0 aliphatic carbocycles. The SMILES string of the molecule is COc1ccc(-n2nnc(C(=O)Nc3cccc(OC)c3)c2C)cc1. The first-order chi connectivity index (χ1) is 12.1. The Bertz CT molecular complexity index is 888. The van der Waals surface area contributed by atoms with Crippen LogP contribution in [-0.2, 0) is 0 Å². The van der Waals surface area contributed by atoms with E-state index in [1.807, 2.05) is 24.3 Å². The maximum absolute atomic E-state index is 12.5. The molecule has 1 heterocycles. The molecule has 25 heavy (non-hydrogen) atoms. The van der Waals surface area contributed by atoms with Crippen LogP contribution < -0.4 is 14.8 Å². The van der Waals surface area contributed by atoms with E-state index in [1.54, 1.807) is 50.1 Å². The molecule has 0 spiro atoms. The van der Waals surface area contributed by atoms with Crippen LogP contribution in [0.2, 0.25) is 0 Å². The Morgan fingerprint density at radius 2 is 1.76 bits per heavy atom. The largest absolute Gasteiger partial charge is 0.497 e. The molecule has 0 unspecified atom stereocenters. The highest BCUT2D eigenvalue weighted by Gasteiger charge is 2.17. The molecule has 0 saturated carbocycles. The van der Waals surface area contributed by atoms with Gasteiger partial charge in [0.05, 0.1) is 25.6 Å². The Morgan fingerprint density at radius 3 is 2.44 bits per heavy atom. The van der Waals surface area contributed by atoms with Crippen LogP contribution in [0.3, 0.4) is 0 Å². The average molecular weight is 338 g/mol. The van der Waals surface area contributed by atoms with Gasteiger partial charge in [0, 0.05) is 11.8 Å². The lowest BCUT2D eigenvalue weighted by molar-refractivity contribution is 0.102. The van der Waals surface area contributed by atoms with Crippen molar-refractivity contribution in [3.8, 4) is 17.2 Å². The maximum atomic E-state index is 12.5. The smallest absolute Gasteiger partial charge is 0.278 e. The van der Waals surface area contributed by atoms with E-state index in [4.69, 9.17) is 9.47 Å². The molecular weight excluding hydrogens is 320 g/mol. The highest BCUT2D eigenvalue weighted by molar-refractivity contribution is 6.03. The van der Waals surface area contributed by atoms with E-state index < -0.39 is 0 Å². The molecule has 2 aromatic carbocycles. The molecule has 3 rings (SSSR count). The zero-order valence-electron chi connectivity index (χ0n) is 14.2. The number of carbonyl (C=O) groups is 1. The third-order valence-corrected chi connectivity index (χ3v) is 3.75. The van der Waals surface area contributed by atoms with Crippen LogP contribution in [0.15, 0.2) is 48.5 Å². The molecule has 0 aliphatic heterocycles. The highest BCUT2D eigenvalue weighted by Crippen LogP contribution is 2.19. The normalized spacial score (nSPS) is 10.4. The Morgan fingerprint density at radius 1 is 1.04 bits per heavy atom. The minimum Gasteiger partial charge on any atom is -0.497 e. The summed E-state index contributed by atoms with van der Waals surface area (Å²) >= 11 is 0. The number of nitrogens with one attached hydrogen (secondary N) is 1. The van der Waals surface area contributed by atoms with Crippen molar-refractivity contribution in [3.05, 3.63) is 59.9 Å². The number of rotatable bonds is 5. The summed E-state index contributed by atoms with van der Waals surface area (Å²) in [5, 5.41) is 10.9. The minimum atomic E-state index is -0.328. The Labute approximate surface area is 145 Å². The fraction of sp³-hybridized carbons (Fsp3) is 0.167. The number of amides is 1.